The normalized spacial score (nSPS) is 40.2. The van der Waals surface area contributed by atoms with Crippen molar-refractivity contribution in [3.05, 3.63) is 47.0 Å². The number of amides is 1. The second-order valence-corrected chi connectivity index (χ2v) is 18.8. The van der Waals surface area contributed by atoms with Crippen molar-refractivity contribution in [3.8, 4) is 0 Å². The minimum atomic E-state index is -2.26. The highest BCUT2D eigenvalue weighted by atomic mass is 33.1. The van der Waals surface area contributed by atoms with E-state index in [0.29, 0.717) is 29.9 Å². The summed E-state index contributed by atoms with van der Waals surface area (Å²) in [5, 5.41) is 51.6. The fraction of sp³-hybridized carbons (Fsp3) is 0.667. The summed E-state index contributed by atoms with van der Waals surface area (Å²) < 4.78 is 24.1. The average molecular weight is 806 g/mol. The van der Waals surface area contributed by atoms with Crippen LogP contribution in [-0.2, 0) is 42.9 Å². The first-order valence-corrected chi connectivity index (χ1v) is 21.2. The predicted octanol–water partition coefficient (Wildman–Crippen LogP) is 2.49. The van der Waals surface area contributed by atoms with Gasteiger partial charge in [-0.25, -0.2) is 4.79 Å². The molecule has 1 aromatic carbocycles. The zero-order valence-corrected chi connectivity index (χ0v) is 33.3. The number of carbonyl (C=O) groups excluding carboxylic acids is 5. The Kier molecular flexibility index (Phi) is 11.9. The molecule has 4 fully saturated rings. The molecule has 55 heavy (non-hydrogen) atoms. The number of esters is 3. The van der Waals surface area contributed by atoms with E-state index >= 15 is 0 Å². The lowest BCUT2D eigenvalue weighted by Gasteiger charge is -2.67. The van der Waals surface area contributed by atoms with E-state index in [9.17, 15) is 44.4 Å². The maximum absolute atomic E-state index is 14.9. The zero-order chi connectivity index (χ0) is 40.1. The highest BCUT2D eigenvalue weighted by molar-refractivity contribution is 8.76. The summed E-state index contributed by atoms with van der Waals surface area (Å²) in [7, 11) is 3.04. The Labute approximate surface area is 327 Å². The summed E-state index contributed by atoms with van der Waals surface area (Å²) in [6.45, 7) is 7.06. The smallest absolute Gasteiger partial charge is 0.338 e. The van der Waals surface area contributed by atoms with Crippen LogP contribution in [0.4, 0.5) is 0 Å². The van der Waals surface area contributed by atoms with Gasteiger partial charge in [0.25, 0.3) is 0 Å². The van der Waals surface area contributed by atoms with Gasteiger partial charge in [-0.05, 0) is 43.4 Å². The molecule has 6 rings (SSSR count). The third-order valence-electron chi connectivity index (χ3n) is 12.5. The molecular weight excluding hydrogens is 755 g/mol. The fourth-order valence-electron chi connectivity index (χ4n) is 9.50. The van der Waals surface area contributed by atoms with Crippen molar-refractivity contribution in [2.24, 2.45) is 16.7 Å². The molecule has 0 radical (unpaired) electrons. The monoisotopic (exact) mass is 805 g/mol. The van der Waals surface area contributed by atoms with Gasteiger partial charge < -0.3 is 44.7 Å². The number of aliphatic hydroxyl groups excluding tert-OH is 3. The molecule has 0 spiro atoms. The first-order chi connectivity index (χ1) is 25.9. The molecule has 16 heteroatoms. The number of carbonyl (C=O) groups is 5. The van der Waals surface area contributed by atoms with Gasteiger partial charge >= 0.3 is 17.9 Å². The van der Waals surface area contributed by atoms with Crippen LogP contribution >= 0.6 is 21.6 Å². The lowest BCUT2D eigenvalue weighted by Crippen LogP contribution is -2.81. The van der Waals surface area contributed by atoms with Crippen LogP contribution in [0.1, 0.15) is 84.7 Å². The Morgan fingerprint density at radius 3 is 2.24 bits per heavy atom. The molecule has 3 aliphatic carbocycles. The van der Waals surface area contributed by atoms with Gasteiger partial charge in [-0.15, -0.1) is 0 Å². The molecule has 0 unspecified atom stereocenters. The van der Waals surface area contributed by atoms with Crippen LogP contribution in [0.25, 0.3) is 0 Å². The molecule has 2 saturated carbocycles. The number of hydrogen-bond acceptors (Lipinski definition) is 15. The van der Waals surface area contributed by atoms with Gasteiger partial charge in [-0.2, -0.15) is 0 Å². The number of ketones is 1. The van der Waals surface area contributed by atoms with E-state index in [1.165, 1.54) is 42.4 Å². The number of rotatable bonds is 2. The minimum Gasteiger partial charge on any atom is -0.459 e. The van der Waals surface area contributed by atoms with Crippen molar-refractivity contribution < 1.29 is 63.3 Å². The number of benzene rings is 1. The second kappa shape index (κ2) is 15.7. The van der Waals surface area contributed by atoms with Crippen molar-refractivity contribution in [2.45, 2.75) is 127 Å². The summed E-state index contributed by atoms with van der Waals surface area (Å²) in [5.74, 6) is -4.14. The van der Waals surface area contributed by atoms with E-state index in [1.54, 1.807) is 44.2 Å². The Bertz CT molecular complexity index is 1720. The average Bonchev–Trinajstić information content (AvgIpc) is 3.12. The third kappa shape index (κ3) is 7.14. The topological polar surface area (TPSA) is 215 Å². The van der Waals surface area contributed by atoms with Gasteiger partial charge in [0.05, 0.1) is 30.1 Å². The molecule has 1 amide bonds. The highest BCUT2D eigenvalue weighted by Crippen LogP contribution is 2.64. The van der Waals surface area contributed by atoms with Crippen molar-refractivity contribution in [3.63, 3.8) is 0 Å². The largest absolute Gasteiger partial charge is 0.459 e. The van der Waals surface area contributed by atoms with Gasteiger partial charge in [0.15, 0.2) is 17.5 Å². The standard InChI is InChI=1S/C39H51NO13S2/c1-20-23-18-39(49)34(32-37(5,33(47)30(45)28(20)36(39,3)4)24(42)17-25-38(32,19-50-25)53-21(2)41)52-27(44)14-10-16-55-54-15-9-13-26(43)40-29(31(46)35(48)51-23)22-11-7-6-8-12-22/h6-8,11-12,23-25,29-32,34,42,45-46,49H,9-10,13-19H2,1-5H3,(H,40,43)/t23-,24+,25-,29-,30+,31+,32+,34-,37-,38-,39-/m1/s1. The van der Waals surface area contributed by atoms with E-state index in [1.807, 2.05) is 0 Å². The Morgan fingerprint density at radius 1 is 0.964 bits per heavy atom. The lowest BCUT2D eigenvalue weighted by molar-refractivity contribution is -0.347. The number of ether oxygens (including phenoxy) is 4. The van der Waals surface area contributed by atoms with Crippen molar-refractivity contribution in [1.29, 1.82) is 0 Å². The lowest BCUT2D eigenvalue weighted by atomic mass is 9.44. The molecule has 5 aliphatic rings. The van der Waals surface area contributed by atoms with E-state index in [4.69, 9.17) is 18.9 Å². The van der Waals surface area contributed by atoms with Gasteiger partial charge in [0.1, 0.15) is 30.0 Å². The summed E-state index contributed by atoms with van der Waals surface area (Å²) in [6.07, 6.45) is -9.04. The Hall–Kier alpha value is -2.99. The van der Waals surface area contributed by atoms with Gasteiger partial charge in [0, 0.05) is 49.5 Å². The number of Topliss-reactive ketones (excluding diaryl/α,β-unsaturated/α-hetero) is 1. The summed E-state index contributed by atoms with van der Waals surface area (Å²) in [5.41, 5.74) is -6.80. The van der Waals surface area contributed by atoms with Crippen LogP contribution in [0.15, 0.2) is 41.5 Å². The van der Waals surface area contributed by atoms with E-state index in [-0.39, 0.29) is 42.9 Å². The Morgan fingerprint density at radius 2 is 1.62 bits per heavy atom. The molecule has 14 nitrogen and oxygen atoms in total. The first-order valence-electron chi connectivity index (χ1n) is 18.7. The van der Waals surface area contributed by atoms with Crippen molar-refractivity contribution >= 4 is 51.2 Å². The predicted molar refractivity (Wildman–Crippen MR) is 200 cm³/mol. The van der Waals surface area contributed by atoms with Gasteiger partial charge in [0.2, 0.25) is 5.91 Å². The summed E-state index contributed by atoms with van der Waals surface area (Å²) in [4.78, 5) is 68.6. The molecule has 2 heterocycles. The molecule has 2 aliphatic heterocycles. The zero-order valence-electron chi connectivity index (χ0n) is 31.6. The molecule has 3 bridgehead atoms. The molecule has 0 aromatic heterocycles. The number of nitrogens with one attached hydrogen (secondary N) is 1. The SMILES string of the molecule is CC(=O)O[C@]12CO[C@@H]1C[C@H](O)[C@@]1(C)C(=O)[C@@H](O)C3=C(C)[C@H]4C[C@@](O)([C@H](OC(=O)CCCSSCCCC(=O)N[C@H](c5ccccc5)[C@H](O)C(=O)O4)[C@H]21)C3(C)C. The molecule has 11 atom stereocenters. The van der Waals surface area contributed by atoms with Crippen LogP contribution < -0.4 is 5.32 Å². The second-order valence-electron chi connectivity index (χ2n) is 16.1. The Balaban J connectivity index is 1.51. The molecular formula is C39H51NO13S2. The molecule has 2 saturated heterocycles. The maximum Gasteiger partial charge on any atom is 0.338 e. The molecule has 1 aromatic rings. The van der Waals surface area contributed by atoms with Crippen LogP contribution in [-0.4, -0.2) is 116 Å². The number of fused-ring (bicyclic) bond motifs is 6. The van der Waals surface area contributed by atoms with E-state index in [2.05, 4.69) is 5.32 Å². The van der Waals surface area contributed by atoms with E-state index in [0.717, 1.165) is 0 Å². The van der Waals surface area contributed by atoms with Gasteiger partial charge in [-0.1, -0.05) is 65.8 Å². The van der Waals surface area contributed by atoms with Crippen LogP contribution in [0, 0.1) is 16.7 Å². The molecule has 5 N–H and O–H groups in total. The highest BCUT2D eigenvalue weighted by Gasteiger charge is 2.78. The minimum absolute atomic E-state index is 0.0107. The van der Waals surface area contributed by atoms with Crippen LogP contribution in [0.5, 0.6) is 0 Å². The van der Waals surface area contributed by atoms with Crippen molar-refractivity contribution in [1.82, 2.24) is 5.32 Å². The maximum atomic E-state index is 14.9. The van der Waals surface area contributed by atoms with E-state index < -0.39 is 101 Å². The summed E-state index contributed by atoms with van der Waals surface area (Å²) in [6, 6.07) is 7.23. The van der Waals surface area contributed by atoms with Gasteiger partial charge in [-0.3, -0.25) is 19.2 Å². The summed E-state index contributed by atoms with van der Waals surface area (Å²) >= 11 is 0. The fourth-order valence-corrected chi connectivity index (χ4v) is 11.7. The number of hydrogen-bond donors (Lipinski definition) is 5. The quantitative estimate of drug-likeness (QED) is 0.126. The van der Waals surface area contributed by atoms with Crippen molar-refractivity contribution in [2.75, 3.05) is 18.1 Å². The number of aliphatic hydroxyl groups is 4. The van der Waals surface area contributed by atoms with Crippen LogP contribution in [0.3, 0.4) is 0 Å². The van der Waals surface area contributed by atoms with Crippen LogP contribution in [0.2, 0.25) is 0 Å². The molecule has 302 valence electrons. The first kappa shape index (κ1) is 41.6. The third-order valence-corrected chi connectivity index (χ3v) is 15.1.